The number of likely N-dealkylation sites (tertiary alicyclic amines) is 1. The molecule has 1 aromatic rings. The quantitative estimate of drug-likeness (QED) is 0.313. The predicted octanol–water partition coefficient (Wildman–Crippen LogP) is 3.21. The number of aliphatic hydroxyl groups excluding tert-OH is 1. The van der Waals surface area contributed by atoms with Crippen LogP contribution in [0, 0.1) is 11.3 Å². The molecule has 1 saturated carbocycles. The van der Waals surface area contributed by atoms with E-state index >= 15 is 0 Å². The van der Waals surface area contributed by atoms with Gasteiger partial charge in [-0.15, -0.1) is 0 Å². The highest BCUT2D eigenvalue weighted by Crippen LogP contribution is 2.32. The minimum atomic E-state index is -0.422. The van der Waals surface area contributed by atoms with Crippen molar-refractivity contribution in [3.05, 3.63) is 52.1 Å². The Hall–Kier alpha value is -3.35. The number of aliphatic hydroxyl groups is 1. The van der Waals surface area contributed by atoms with Crippen LogP contribution >= 0.6 is 0 Å². The van der Waals surface area contributed by atoms with Gasteiger partial charge in [0.15, 0.2) is 0 Å². The molecule has 9 nitrogen and oxygen atoms in total. The molecule has 1 unspecified atom stereocenters. The summed E-state index contributed by atoms with van der Waals surface area (Å²) in [6, 6.07) is 7.32. The lowest BCUT2D eigenvalue weighted by Gasteiger charge is -2.38. The standard InChI is InChI=1S/C26H35N5O4/c1-5-21-22(8-7-9-23(21)29-26(33)31-14-20(32)15-31)17(3)25(28-4)30-35-16-18-10-11-24(34-6-2)19(12-18)13-27/h5,10-12,20,23,32H,6-9,14-16H2,1-4H3,(H,28,30)(H,29,33). The van der Waals surface area contributed by atoms with Gasteiger partial charge in [-0.2, -0.15) is 5.26 Å². The van der Waals surface area contributed by atoms with Gasteiger partial charge < -0.3 is 20.1 Å². The molecule has 188 valence electrons. The van der Waals surface area contributed by atoms with Crippen LogP contribution in [0.1, 0.15) is 51.2 Å². The zero-order valence-electron chi connectivity index (χ0n) is 20.9. The zero-order chi connectivity index (χ0) is 25.4. The van der Waals surface area contributed by atoms with Crippen LogP contribution in [-0.2, 0) is 11.4 Å². The van der Waals surface area contributed by atoms with Gasteiger partial charge in [0.1, 0.15) is 17.7 Å². The number of ether oxygens (including phenoxy) is 1. The molecular formula is C26H35N5O4. The normalized spacial score (nSPS) is 21.3. The lowest BCUT2D eigenvalue weighted by molar-refractivity contribution is 0.0259. The van der Waals surface area contributed by atoms with E-state index in [0.717, 1.165) is 41.5 Å². The number of amidine groups is 1. The minimum Gasteiger partial charge on any atom is -0.492 e. The van der Waals surface area contributed by atoms with Gasteiger partial charge in [-0.25, -0.2) is 10.3 Å². The number of nitrogens with zero attached hydrogens (tertiary/aromatic N) is 3. The van der Waals surface area contributed by atoms with Crippen LogP contribution in [0.25, 0.3) is 0 Å². The summed E-state index contributed by atoms with van der Waals surface area (Å²) in [6.45, 7) is 7.36. The molecule has 1 aliphatic carbocycles. The molecule has 1 atom stereocenters. The highest BCUT2D eigenvalue weighted by atomic mass is 16.6. The number of aliphatic imine (C=N–C) groups is 1. The van der Waals surface area contributed by atoms with Crippen molar-refractivity contribution in [1.29, 1.82) is 5.26 Å². The minimum absolute atomic E-state index is 0.0868. The van der Waals surface area contributed by atoms with Crippen molar-refractivity contribution >= 4 is 11.9 Å². The summed E-state index contributed by atoms with van der Waals surface area (Å²) in [6.07, 6.45) is 4.31. The second-order valence-corrected chi connectivity index (χ2v) is 8.64. The maximum Gasteiger partial charge on any atom is 0.318 e. The summed E-state index contributed by atoms with van der Waals surface area (Å²) in [5.41, 5.74) is 7.44. The summed E-state index contributed by atoms with van der Waals surface area (Å²) < 4.78 is 5.47. The second kappa shape index (κ2) is 12.4. The summed E-state index contributed by atoms with van der Waals surface area (Å²) in [7, 11) is 1.70. The molecule has 9 heteroatoms. The Labute approximate surface area is 207 Å². The van der Waals surface area contributed by atoms with E-state index in [2.05, 4.69) is 21.9 Å². The molecule has 3 N–H and O–H groups in total. The van der Waals surface area contributed by atoms with Gasteiger partial charge in [0.05, 0.1) is 44.0 Å². The Morgan fingerprint density at radius 1 is 1.40 bits per heavy atom. The van der Waals surface area contributed by atoms with Crippen LogP contribution < -0.4 is 15.5 Å². The maximum absolute atomic E-state index is 12.5. The molecule has 1 aromatic carbocycles. The Kier molecular flexibility index (Phi) is 9.29. The van der Waals surface area contributed by atoms with Crippen LogP contribution in [0.4, 0.5) is 4.79 Å². The molecule has 0 radical (unpaired) electrons. The first-order chi connectivity index (χ1) is 16.9. The van der Waals surface area contributed by atoms with Crippen molar-refractivity contribution in [2.75, 3.05) is 26.7 Å². The van der Waals surface area contributed by atoms with Gasteiger partial charge in [0.2, 0.25) is 0 Å². The fourth-order valence-corrected chi connectivity index (χ4v) is 4.44. The first-order valence-corrected chi connectivity index (χ1v) is 12.0. The van der Waals surface area contributed by atoms with E-state index in [1.54, 1.807) is 24.1 Å². The summed E-state index contributed by atoms with van der Waals surface area (Å²) in [5, 5.41) is 22.0. The molecule has 0 aromatic heterocycles. The molecule has 3 rings (SSSR count). The third kappa shape index (κ3) is 6.41. The van der Waals surface area contributed by atoms with Crippen LogP contribution in [0.15, 0.2) is 46.0 Å². The van der Waals surface area contributed by atoms with Crippen molar-refractivity contribution in [3.8, 4) is 11.8 Å². The van der Waals surface area contributed by atoms with E-state index in [4.69, 9.17) is 9.57 Å². The number of hydroxylamine groups is 1. The summed E-state index contributed by atoms with van der Waals surface area (Å²) in [5.74, 6) is 1.18. The van der Waals surface area contributed by atoms with E-state index in [1.807, 2.05) is 32.9 Å². The van der Waals surface area contributed by atoms with E-state index < -0.39 is 6.10 Å². The number of hydrogen-bond donors (Lipinski definition) is 3. The number of carbonyl (C=O) groups excluding carboxylic acids is 1. The van der Waals surface area contributed by atoms with Crippen molar-refractivity contribution in [2.24, 2.45) is 4.99 Å². The topological polar surface area (TPSA) is 119 Å². The van der Waals surface area contributed by atoms with Crippen molar-refractivity contribution < 1.29 is 19.5 Å². The number of allylic oxidation sites excluding steroid dienone is 1. The number of carbonyl (C=O) groups is 1. The Balaban J connectivity index is 1.65. The average Bonchev–Trinajstić information content (AvgIpc) is 2.85. The van der Waals surface area contributed by atoms with Gasteiger partial charge in [0.25, 0.3) is 0 Å². The Bertz CT molecular complexity index is 1050. The number of nitrogens with one attached hydrogen (secondary N) is 2. The number of urea groups is 1. The highest BCUT2D eigenvalue weighted by Gasteiger charge is 2.32. The molecule has 2 aliphatic rings. The van der Waals surface area contributed by atoms with Crippen LogP contribution in [0.5, 0.6) is 5.75 Å². The number of rotatable bonds is 7. The first-order valence-electron chi connectivity index (χ1n) is 12.0. The van der Waals surface area contributed by atoms with E-state index in [1.165, 1.54) is 0 Å². The SMILES string of the molecule is CC=C1C(=C(C)C(=NC)NOCc2ccc(OCC)c(C#N)c2)CCCC1NC(=O)N1CC(O)C1. The fraction of sp³-hybridized carbons (Fsp3) is 0.500. The number of β-amino-alcohol motifs (C(OH)–C–C–N with tert-alkyl or cyclic N) is 1. The Morgan fingerprint density at radius 2 is 2.17 bits per heavy atom. The average molecular weight is 482 g/mol. The van der Waals surface area contributed by atoms with Crippen molar-refractivity contribution in [2.45, 2.75) is 58.8 Å². The van der Waals surface area contributed by atoms with E-state index in [9.17, 15) is 15.2 Å². The zero-order valence-corrected chi connectivity index (χ0v) is 20.9. The van der Waals surface area contributed by atoms with Gasteiger partial charge >= 0.3 is 6.03 Å². The second-order valence-electron chi connectivity index (χ2n) is 8.64. The van der Waals surface area contributed by atoms with Crippen molar-refractivity contribution in [1.82, 2.24) is 15.7 Å². The van der Waals surface area contributed by atoms with Gasteiger partial charge in [0, 0.05) is 7.05 Å². The molecule has 1 aliphatic heterocycles. The van der Waals surface area contributed by atoms with Crippen molar-refractivity contribution in [3.63, 3.8) is 0 Å². The molecule has 0 spiro atoms. The van der Waals surface area contributed by atoms with E-state index in [-0.39, 0.29) is 18.7 Å². The van der Waals surface area contributed by atoms with Crippen LogP contribution in [0.2, 0.25) is 0 Å². The molecule has 0 bridgehead atoms. The molecule has 1 saturated heterocycles. The monoisotopic (exact) mass is 481 g/mol. The lowest BCUT2D eigenvalue weighted by Crippen LogP contribution is -2.58. The first kappa shape index (κ1) is 26.3. The van der Waals surface area contributed by atoms with Gasteiger partial charge in [-0.3, -0.25) is 9.83 Å². The highest BCUT2D eigenvalue weighted by molar-refractivity contribution is 5.98. The third-order valence-corrected chi connectivity index (χ3v) is 6.31. The van der Waals surface area contributed by atoms with Gasteiger partial charge in [-0.05, 0) is 74.4 Å². The lowest BCUT2D eigenvalue weighted by atomic mass is 9.82. The predicted molar refractivity (Wildman–Crippen MR) is 134 cm³/mol. The van der Waals surface area contributed by atoms with Crippen LogP contribution in [0.3, 0.4) is 0 Å². The van der Waals surface area contributed by atoms with Gasteiger partial charge in [-0.1, -0.05) is 12.1 Å². The Morgan fingerprint density at radius 3 is 2.80 bits per heavy atom. The number of hydrogen-bond acceptors (Lipinski definition) is 6. The largest absolute Gasteiger partial charge is 0.492 e. The number of benzene rings is 1. The molecular weight excluding hydrogens is 446 g/mol. The van der Waals surface area contributed by atoms with Crippen LogP contribution in [-0.4, -0.2) is 60.8 Å². The number of nitriles is 1. The molecule has 2 fully saturated rings. The number of amides is 2. The summed E-state index contributed by atoms with van der Waals surface area (Å²) >= 11 is 0. The summed E-state index contributed by atoms with van der Waals surface area (Å²) in [4.78, 5) is 24.2. The maximum atomic E-state index is 12.5. The molecule has 35 heavy (non-hydrogen) atoms. The third-order valence-electron chi connectivity index (χ3n) is 6.31. The fourth-order valence-electron chi connectivity index (χ4n) is 4.44. The van der Waals surface area contributed by atoms with E-state index in [0.29, 0.717) is 36.8 Å². The molecule has 2 amide bonds. The molecule has 1 heterocycles. The smallest absolute Gasteiger partial charge is 0.318 e.